The molecule has 112 valence electrons. The van der Waals surface area contributed by atoms with Crippen molar-refractivity contribution in [1.82, 2.24) is 9.71 Å². The maximum absolute atomic E-state index is 12.3. The minimum absolute atomic E-state index is 0.165. The fourth-order valence-corrected chi connectivity index (χ4v) is 3.08. The Morgan fingerprint density at radius 2 is 2.14 bits per heavy atom. The second-order valence-corrected chi connectivity index (χ2v) is 6.83. The lowest BCUT2D eigenvalue weighted by Gasteiger charge is -2.10. The van der Waals surface area contributed by atoms with E-state index in [2.05, 4.69) is 25.6 Å². The molecule has 0 saturated heterocycles. The molecule has 0 unspecified atom stereocenters. The summed E-state index contributed by atoms with van der Waals surface area (Å²) in [7, 11) is -3.59. The first-order valence-corrected chi connectivity index (χ1v) is 8.61. The summed E-state index contributed by atoms with van der Waals surface area (Å²) in [5.41, 5.74) is 0.795. The molecule has 0 amide bonds. The highest BCUT2D eigenvalue weighted by Gasteiger charge is 2.16. The van der Waals surface area contributed by atoms with Crippen molar-refractivity contribution in [2.75, 3.05) is 6.61 Å². The van der Waals surface area contributed by atoms with Crippen molar-refractivity contribution in [3.05, 3.63) is 52.8 Å². The summed E-state index contributed by atoms with van der Waals surface area (Å²) in [6.45, 7) is 2.50. The first-order valence-electron chi connectivity index (χ1n) is 6.34. The Morgan fingerprint density at radius 1 is 1.33 bits per heavy atom. The molecule has 7 heteroatoms. The van der Waals surface area contributed by atoms with E-state index in [1.165, 1.54) is 12.1 Å². The zero-order valence-electron chi connectivity index (χ0n) is 11.4. The Balaban J connectivity index is 2.17. The Morgan fingerprint density at radius 3 is 2.81 bits per heavy atom. The molecule has 0 bridgehead atoms. The third kappa shape index (κ3) is 4.26. The number of aromatic nitrogens is 1. The molecular formula is C14H15BrN2O3S. The van der Waals surface area contributed by atoms with Crippen LogP contribution in [0.2, 0.25) is 0 Å². The largest absolute Gasteiger partial charge is 0.493 e. The fraction of sp³-hybridized carbons (Fsp3) is 0.214. The summed E-state index contributed by atoms with van der Waals surface area (Å²) < 4.78 is 33.2. The molecule has 1 aromatic carbocycles. The third-order valence-electron chi connectivity index (χ3n) is 2.70. The van der Waals surface area contributed by atoms with Crippen LogP contribution in [-0.4, -0.2) is 20.0 Å². The zero-order valence-corrected chi connectivity index (χ0v) is 13.8. The molecule has 21 heavy (non-hydrogen) atoms. The first kappa shape index (κ1) is 15.9. The van der Waals surface area contributed by atoms with Crippen LogP contribution in [0, 0.1) is 0 Å². The average molecular weight is 371 g/mol. The predicted molar refractivity (Wildman–Crippen MR) is 83.6 cm³/mol. The molecule has 0 radical (unpaired) electrons. The summed E-state index contributed by atoms with van der Waals surface area (Å²) >= 11 is 3.33. The van der Waals surface area contributed by atoms with Crippen molar-refractivity contribution < 1.29 is 13.2 Å². The van der Waals surface area contributed by atoms with Crippen molar-refractivity contribution in [2.45, 2.75) is 18.4 Å². The molecule has 0 aliphatic carbocycles. The van der Waals surface area contributed by atoms with Crippen LogP contribution in [0.3, 0.4) is 0 Å². The number of halogens is 1. The Hall–Kier alpha value is -1.44. The van der Waals surface area contributed by atoms with Gasteiger partial charge in [-0.1, -0.05) is 6.07 Å². The van der Waals surface area contributed by atoms with Crippen molar-refractivity contribution in [3.8, 4) is 5.75 Å². The minimum atomic E-state index is -3.59. The lowest BCUT2D eigenvalue weighted by molar-refractivity contribution is 0.337. The lowest BCUT2D eigenvalue weighted by atomic mass is 10.3. The molecule has 1 aromatic heterocycles. The van der Waals surface area contributed by atoms with Crippen molar-refractivity contribution >= 4 is 26.0 Å². The van der Waals surface area contributed by atoms with Gasteiger partial charge in [0.2, 0.25) is 10.0 Å². The van der Waals surface area contributed by atoms with Crippen LogP contribution < -0.4 is 9.46 Å². The minimum Gasteiger partial charge on any atom is -0.493 e. The van der Waals surface area contributed by atoms with Crippen LogP contribution in [0.4, 0.5) is 0 Å². The second kappa shape index (κ2) is 7.02. The van der Waals surface area contributed by atoms with E-state index in [4.69, 9.17) is 4.74 Å². The highest BCUT2D eigenvalue weighted by atomic mass is 79.9. The average Bonchev–Trinajstić information content (AvgIpc) is 2.49. The van der Waals surface area contributed by atoms with E-state index in [0.29, 0.717) is 12.4 Å². The number of sulfonamides is 1. The van der Waals surface area contributed by atoms with Gasteiger partial charge in [0.05, 0.1) is 16.0 Å². The number of rotatable bonds is 6. The lowest BCUT2D eigenvalue weighted by Crippen LogP contribution is -2.23. The Bertz CT molecular complexity index is 705. The maximum atomic E-state index is 12.3. The van der Waals surface area contributed by atoms with Crippen LogP contribution in [0.25, 0.3) is 0 Å². The number of nitrogens with one attached hydrogen (secondary N) is 1. The van der Waals surface area contributed by atoms with Gasteiger partial charge in [-0.15, -0.1) is 0 Å². The van der Waals surface area contributed by atoms with Gasteiger partial charge in [-0.2, -0.15) is 0 Å². The summed E-state index contributed by atoms with van der Waals surface area (Å²) in [6.07, 6.45) is 3.26. The summed E-state index contributed by atoms with van der Waals surface area (Å²) in [5, 5.41) is 0. The molecule has 5 nitrogen and oxygen atoms in total. The van der Waals surface area contributed by atoms with E-state index in [1.807, 2.05) is 13.0 Å². The summed E-state index contributed by atoms with van der Waals surface area (Å²) in [6, 6.07) is 8.25. The van der Waals surface area contributed by atoms with Gasteiger partial charge >= 0.3 is 0 Å². The van der Waals surface area contributed by atoms with Crippen LogP contribution in [0.5, 0.6) is 5.75 Å². The molecule has 2 aromatic rings. The second-order valence-electron chi connectivity index (χ2n) is 4.21. The molecule has 0 saturated carbocycles. The molecule has 0 aliphatic heterocycles. The SMILES string of the molecule is CCOc1cc(S(=O)(=O)NCc2cccnc2)ccc1Br. The highest BCUT2D eigenvalue weighted by molar-refractivity contribution is 9.10. The number of hydrogen-bond acceptors (Lipinski definition) is 4. The normalized spacial score (nSPS) is 11.3. The zero-order chi connectivity index (χ0) is 15.3. The quantitative estimate of drug-likeness (QED) is 0.848. The Kier molecular flexibility index (Phi) is 5.33. The van der Waals surface area contributed by atoms with E-state index in [1.54, 1.807) is 24.5 Å². The maximum Gasteiger partial charge on any atom is 0.241 e. The van der Waals surface area contributed by atoms with Gasteiger partial charge in [0.1, 0.15) is 5.75 Å². The van der Waals surface area contributed by atoms with Gasteiger partial charge in [0.25, 0.3) is 0 Å². The first-order chi connectivity index (χ1) is 10.0. The van der Waals surface area contributed by atoms with Gasteiger partial charge in [0, 0.05) is 25.0 Å². The van der Waals surface area contributed by atoms with E-state index < -0.39 is 10.0 Å². The smallest absolute Gasteiger partial charge is 0.241 e. The van der Waals surface area contributed by atoms with E-state index >= 15 is 0 Å². The Labute approximate surface area is 132 Å². The van der Waals surface area contributed by atoms with Crippen molar-refractivity contribution in [2.24, 2.45) is 0 Å². The molecule has 0 atom stereocenters. The third-order valence-corrected chi connectivity index (χ3v) is 4.76. The van der Waals surface area contributed by atoms with E-state index in [-0.39, 0.29) is 11.4 Å². The van der Waals surface area contributed by atoms with Crippen LogP contribution in [0.1, 0.15) is 12.5 Å². The van der Waals surface area contributed by atoms with Gasteiger partial charge in [-0.05, 0) is 46.6 Å². The summed E-state index contributed by atoms with van der Waals surface area (Å²) in [5.74, 6) is 0.502. The van der Waals surface area contributed by atoms with Gasteiger partial charge in [0.15, 0.2) is 0 Å². The highest BCUT2D eigenvalue weighted by Crippen LogP contribution is 2.27. The van der Waals surface area contributed by atoms with Crippen LogP contribution >= 0.6 is 15.9 Å². The van der Waals surface area contributed by atoms with Crippen LogP contribution in [-0.2, 0) is 16.6 Å². The van der Waals surface area contributed by atoms with Crippen molar-refractivity contribution in [3.63, 3.8) is 0 Å². The molecule has 1 heterocycles. The van der Waals surface area contributed by atoms with E-state index in [9.17, 15) is 8.42 Å². The van der Waals surface area contributed by atoms with E-state index in [0.717, 1.165) is 10.0 Å². The molecule has 0 fully saturated rings. The number of pyridine rings is 1. The molecule has 0 spiro atoms. The van der Waals surface area contributed by atoms with Crippen molar-refractivity contribution in [1.29, 1.82) is 0 Å². The van der Waals surface area contributed by atoms with Crippen LogP contribution in [0.15, 0.2) is 52.1 Å². The van der Waals surface area contributed by atoms with Gasteiger partial charge in [-0.25, -0.2) is 13.1 Å². The monoisotopic (exact) mass is 370 g/mol. The number of hydrogen-bond donors (Lipinski definition) is 1. The standard InChI is InChI=1S/C14H15BrN2O3S/c1-2-20-14-8-12(5-6-13(14)15)21(18,19)17-10-11-4-3-7-16-9-11/h3-9,17H,2,10H2,1H3. The number of nitrogens with zero attached hydrogens (tertiary/aromatic N) is 1. The predicted octanol–water partition coefficient (Wildman–Crippen LogP) is 2.72. The number of benzene rings is 1. The molecular weight excluding hydrogens is 356 g/mol. The molecule has 1 N–H and O–H groups in total. The molecule has 2 rings (SSSR count). The fourth-order valence-electron chi connectivity index (χ4n) is 1.68. The van der Waals surface area contributed by atoms with Gasteiger partial charge in [-0.3, -0.25) is 4.98 Å². The molecule has 0 aliphatic rings. The number of ether oxygens (including phenoxy) is 1. The van der Waals surface area contributed by atoms with Gasteiger partial charge < -0.3 is 4.74 Å². The summed E-state index contributed by atoms with van der Waals surface area (Å²) in [4.78, 5) is 4.11. The topological polar surface area (TPSA) is 68.3 Å².